The van der Waals surface area contributed by atoms with Crippen LogP contribution in [0.15, 0.2) is 0 Å². The Balaban J connectivity index is 2.95. The molecule has 0 amide bonds. The molecule has 0 fully saturated rings. The molecule has 1 nitrogen and oxygen atoms in total. The molecule has 0 saturated carbocycles. The lowest BCUT2D eigenvalue weighted by atomic mass is 10.0. The molecule has 0 aromatic heterocycles. The quantitative estimate of drug-likeness (QED) is 0.408. The molecule has 1 atom stereocenters. The summed E-state index contributed by atoms with van der Waals surface area (Å²) in [4.78, 5) is 9.96. The van der Waals surface area contributed by atoms with Crippen LogP contribution in [0.3, 0.4) is 0 Å². The highest BCUT2D eigenvalue weighted by atomic mass is 16.1. The van der Waals surface area contributed by atoms with Gasteiger partial charge in [-0.15, -0.1) is 0 Å². The van der Waals surface area contributed by atoms with Gasteiger partial charge in [0.05, 0.1) is 0 Å². The maximum Gasteiger partial charge on any atom is 0.119 e. The second kappa shape index (κ2) is 7.77. The van der Waals surface area contributed by atoms with E-state index < -0.39 is 0 Å². The van der Waals surface area contributed by atoms with Gasteiger partial charge in [0.2, 0.25) is 0 Å². The summed E-state index contributed by atoms with van der Waals surface area (Å²) < 4.78 is 0. The number of aldehydes is 1. The van der Waals surface area contributed by atoms with E-state index in [0.717, 1.165) is 25.0 Å². The lowest BCUT2D eigenvalue weighted by molar-refractivity contribution is -0.107. The van der Waals surface area contributed by atoms with Crippen LogP contribution in [0.25, 0.3) is 0 Å². The zero-order chi connectivity index (χ0) is 8.53. The van der Waals surface area contributed by atoms with Crippen LogP contribution in [-0.2, 0) is 4.79 Å². The molecule has 0 saturated heterocycles. The van der Waals surface area contributed by atoms with Gasteiger partial charge in [0.1, 0.15) is 6.29 Å². The summed E-state index contributed by atoms with van der Waals surface area (Å²) in [6, 6.07) is 0. The smallest absolute Gasteiger partial charge is 0.119 e. The molecule has 0 unspecified atom stereocenters. The summed E-state index contributed by atoms with van der Waals surface area (Å²) in [5, 5.41) is 0. The molecule has 0 bridgehead atoms. The fraction of sp³-hybridized carbons (Fsp3) is 0.900. The molecule has 0 N–H and O–H groups in total. The third-order valence-electron chi connectivity index (χ3n) is 2.22. The van der Waals surface area contributed by atoms with Gasteiger partial charge in [-0.1, -0.05) is 39.5 Å². The monoisotopic (exact) mass is 156 g/mol. The van der Waals surface area contributed by atoms with E-state index in [1.807, 2.05) is 0 Å². The third kappa shape index (κ3) is 7.57. The van der Waals surface area contributed by atoms with Crippen molar-refractivity contribution in [3.63, 3.8) is 0 Å². The van der Waals surface area contributed by atoms with Crippen molar-refractivity contribution in [1.29, 1.82) is 0 Å². The molecule has 0 aromatic carbocycles. The second-order valence-electron chi connectivity index (χ2n) is 3.32. The number of unbranched alkanes of at least 4 members (excludes halogenated alkanes) is 3. The lowest BCUT2D eigenvalue weighted by Gasteiger charge is -2.06. The van der Waals surface area contributed by atoms with Crippen LogP contribution in [0, 0.1) is 5.92 Å². The molecule has 0 aromatic rings. The number of hydrogen-bond acceptors (Lipinski definition) is 1. The summed E-state index contributed by atoms with van der Waals surface area (Å²) in [5.74, 6) is 0.867. The summed E-state index contributed by atoms with van der Waals surface area (Å²) in [5.41, 5.74) is 0. The Hall–Kier alpha value is -0.330. The maximum atomic E-state index is 9.96. The Morgan fingerprint density at radius 2 is 2.00 bits per heavy atom. The van der Waals surface area contributed by atoms with Crippen molar-refractivity contribution in [2.24, 2.45) is 5.92 Å². The van der Waals surface area contributed by atoms with Crippen molar-refractivity contribution in [2.45, 2.75) is 52.4 Å². The standard InChI is InChI=1S/C10H20O/c1-3-10(2)8-6-4-5-7-9-11/h9-10H,3-8H2,1-2H3/t10-/m1/s1. The molecular formula is C10H20O. The fourth-order valence-corrected chi connectivity index (χ4v) is 1.10. The van der Waals surface area contributed by atoms with Crippen molar-refractivity contribution >= 4 is 6.29 Å². The SMILES string of the molecule is CC[C@@H](C)CCCCCC=O. The lowest BCUT2D eigenvalue weighted by Crippen LogP contribution is -1.91. The van der Waals surface area contributed by atoms with Gasteiger partial charge in [-0.25, -0.2) is 0 Å². The highest BCUT2D eigenvalue weighted by Crippen LogP contribution is 2.12. The first-order valence-electron chi connectivity index (χ1n) is 4.74. The van der Waals surface area contributed by atoms with Gasteiger partial charge in [0, 0.05) is 6.42 Å². The molecule has 0 aliphatic carbocycles. The summed E-state index contributed by atoms with van der Waals surface area (Å²) in [7, 11) is 0. The van der Waals surface area contributed by atoms with Crippen LogP contribution in [0.4, 0.5) is 0 Å². The molecular weight excluding hydrogens is 136 g/mol. The number of rotatable bonds is 7. The Morgan fingerprint density at radius 3 is 2.55 bits per heavy atom. The van der Waals surface area contributed by atoms with Crippen molar-refractivity contribution in [1.82, 2.24) is 0 Å². The molecule has 0 aliphatic heterocycles. The van der Waals surface area contributed by atoms with Gasteiger partial charge in [-0.2, -0.15) is 0 Å². The summed E-state index contributed by atoms with van der Waals surface area (Å²) in [6.07, 6.45) is 7.98. The van der Waals surface area contributed by atoms with Gasteiger partial charge >= 0.3 is 0 Å². The van der Waals surface area contributed by atoms with Crippen LogP contribution in [0.2, 0.25) is 0 Å². The van der Waals surface area contributed by atoms with E-state index in [-0.39, 0.29) is 0 Å². The summed E-state index contributed by atoms with van der Waals surface area (Å²) >= 11 is 0. The Labute approximate surface area is 70.2 Å². The first-order chi connectivity index (χ1) is 5.31. The predicted molar refractivity (Wildman–Crippen MR) is 48.6 cm³/mol. The van der Waals surface area contributed by atoms with Crippen LogP contribution in [-0.4, -0.2) is 6.29 Å². The Kier molecular flexibility index (Phi) is 7.54. The Bertz CT molecular complexity index is 88.9. The van der Waals surface area contributed by atoms with Gasteiger partial charge in [0.25, 0.3) is 0 Å². The first-order valence-corrected chi connectivity index (χ1v) is 4.74. The van der Waals surface area contributed by atoms with Crippen LogP contribution in [0.1, 0.15) is 52.4 Å². The molecule has 0 spiro atoms. The fourth-order valence-electron chi connectivity index (χ4n) is 1.10. The highest BCUT2D eigenvalue weighted by molar-refractivity contribution is 5.48. The van der Waals surface area contributed by atoms with E-state index in [4.69, 9.17) is 0 Å². The third-order valence-corrected chi connectivity index (χ3v) is 2.22. The van der Waals surface area contributed by atoms with Crippen molar-refractivity contribution < 1.29 is 4.79 Å². The number of carbonyl (C=O) groups excluding carboxylic acids is 1. The van der Waals surface area contributed by atoms with Crippen LogP contribution >= 0.6 is 0 Å². The molecule has 11 heavy (non-hydrogen) atoms. The van der Waals surface area contributed by atoms with E-state index in [2.05, 4.69) is 13.8 Å². The van der Waals surface area contributed by atoms with E-state index in [9.17, 15) is 4.79 Å². The van der Waals surface area contributed by atoms with Crippen molar-refractivity contribution in [3.05, 3.63) is 0 Å². The van der Waals surface area contributed by atoms with E-state index >= 15 is 0 Å². The zero-order valence-electron chi connectivity index (χ0n) is 7.81. The highest BCUT2D eigenvalue weighted by Gasteiger charge is 1.97. The van der Waals surface area contributed by atoms with Crippen LogP contribution in [0.5, 0.6) is 0 Å². The van der Waals surface area contributed by atoms with Crippen molar-refractivity contribution in [2.75, 3.05) is 0 Å². The van der Waals surface area contributed by atoms with E-state index in [1.165, 1.54) is 25.7 Å². The number of carbonyl (C=O) groups is 1. The molecule has 66 valence electrons. The molecule has 0 rings (SSSR count). The number of hydrogen-bond donors (Lipinski definition) is 0. The Morgan fingerprint density at radius 1 is 1.27 bits per heavy atom. The van der Waals surface area contributed by atoms with Crippen molar-refractivity contribution in [3.8, 4) is 0 Å². The largest absolute Gasteiger partial charge is 0.303 e. The molecule has 0 radical (unpaired) electrons. The minimum Gasteiger partial charge on any atom is -0.303 e. The summed E-state index contributed by atoms with van der Waals surface area (Å²) in [6.45, 7) is 4.52. The molecule has 1 heteroatoms. The molecule has 0 heterocycles. The minimum absolute atomic E-state index is 0.751. The maximum absolute atomic E-state index is 9.96. The van der Waals surface area contributed by atoms with Gasteiger partial charge < -0.3 is 4.79 Å². The molecule has 0 aliphatic rings. The average molecular weight is 156 g/mol. The zero-order valence-corrected chi connectivity index (χ0v) is 7.81. The van der Waals surface area contributed by atoms with Crippen LogP contribution < -0.4 is 0 Å². The van der Waals surface area contributed by atoms with E-state index in [1.54, 1.807) is 0 Å². The predicted octanol–water partition coefficient (Wildman–Crippen LogP) is 3.18. The van der Waals surface area contributed by atoms with Gasteiger partial charge in [0.15, 0.2) is 0 Å². The van der Waals surface area contributed by atoms with Gasteiger partial charge in [-0.3, -0.25) is 0 Å². The van der Waals surface area contributed by atoms with Gasteiger partial charge in [-0.05, 0) is 12.3 Å². The topological polar surface area (TPSA) is 17.1 Å². The average Bonchev–Trinajstić information content (AvgIpc) is 2.04. The van der Waals surface area contributed by atoms with E-state index in [0.29, 0.717) is 0 Å². The second-order valence-corrected chi connectivity index (χ2v) is 3.32. The first kappa shape index (κ1) is 10.7. The normalized spacial score (nSPS) is 12.9. The minimum atomic E-state index is 0.751.